The van der Waals surface area contributed by atoms with E-state index in [1.165, 1.54) is 0 Å². The minimum Gasteiger partial charge on any atom is -0.399 e. The number of nitrogens with zero attached hydrogens (tertiary/aromatic N) is 4. The molecule has 0 spiro atoms. The quantitative estimate of drug-likeness (QED) is 0.413. The van der Waals surface area contributed by atoms with Crippen LogP contribution < -0.4 is 11.1 Å². The molecule has 0 saturated carbocycles. The van der Waals surface area contributed by atoms with Gasteiger partial charge in [0, 0.05) is 35.9 Å². The van der Waals surface area contributed by atoms with E-state index in [-0.39, 0.29) is 0 Å². The smallest absolute Gasteiger partial charge is 0.113 e. The predicted molar refractivity (Wildman–Crippen MR) is 105 cm³/mol. The molecular weight excluding hydrogens is 324 g/mol. The van der Waals surface area contributed by atoms with Gasteiger partial charge in [-0.3, -0.25) is 9.67 Å². The number of nitrogens with two attached hydrogens (primary N) is 1. The van der Waals surface area contributed by atoms with Crippen molar-refractivity contribution in [2.24, 2.45) is 0 Å². The Labute approximate surface area is 151 Å². The molecule has 0 radical (unpaired) electrons. The number of benzene rings is 2. The largest absolute Gasteiger partial charge is 0.399 e. The van der Waals surface area contributed by atoms with Crippen LogP contribution in [0.2, 0.25) is 0 Å². The molecule has 0 amide bonds. The van der Waals surface area contributed by atoms with E-state index < -0.39 is 0 Å². The second-order valence-corrected chi connectivity index (χ2v) is 6.15. The highest BCUT2D eigenvalue weighted by molar-refractivity contribution is 5.90. The van der Waals surface area contributed by atoms with Gasteiger partial charge in [-0.05, 0) is 30.7 Å². The van der Waals surface area contributed by atoms with Gasteiger partial charge in [0.1, 0.15) is 5.69 Å². The van der Waals surface area contributed by atoms with Crippen molar-refractivity contribution in [2.45, 2.75) is 13.0 Å². The number of hydrogen-bond donors (Lipinski definition) is 2. The summed E-state index contributed by atoms with van der Waals surface area (Å²) in [6.07, 6.45) is 4.72. The van der Waals surface area contributed by atoms with Crippen LogP contribution in [0, 0.1) is 0 Å². The molecule has 0 bridgehead atoms. The fourth-order valence-corrected chi connectivity index (χ4v) is 2.90. The van der Waals surface area contributed by atoms with Gasteiger partial charge in [-0.25, -0.2) is 0 Å². The van der Waals surface area contributed by atoms with Crippen molar-refractivity contribution in [3.8, 4) is 11.3 Å². The number of rotatable bonds is 6. The number of nitrogens with one attached hydrogen (secondary N) is 1. The molecule has 6 nitrogen and oxygen atoms in total. The third-order valence-corrected chi connectivity index (χ3v) is 4.26. The summed E-state index contributed by atoms with van der Waals surface area (Å²) in [5.41, 5.74) is 10.4. The van der Waals surface area contributed by atoms with Gasteiger partial charge in [0.25, 0.3) is 0 Å². The van der Waals surface area contributed by atoms with E-state index in [9.17, 15) is 0 Å². The average Bonchev–Trinajstić information content (AvgIpc) is 3.15. The Bertz CT molecular complexity index is 1000. The molecule has 4 aromatic rings. The molecule has 3 N–H and O–H groups in total. The van der Waals surface area contributed by atoms with Crippen LogP contribution in [-0.2, 0) is 6.54 Å². The van der Waals surface area contributed by atoms with E-state index in [1.807, 2.05) is 53.5 Å². The monoisotopic (exact) mass is 344 g/mol. The fourth-order valence-electron chi connectivity index (χ4n) is 2.90. The highest BCUT2D eigenvalue weighted by Gasteiger charge is 2.04. The minimum atomic E-state index is 0.746. The van der Waals surface area contributed by atoms with E-state index in [0.717, 1.165) is 53.0 Å². The molecule has 0 aliphatic rings. The molecule has 0 atom stereocenters. The lowest BCUT2D eigenvalue weighted by molar-refractivity contribution is 0.570. The lowest BCUT2D eigenvalue weighted by atomic mass is 10.1. The van der Waals surface area contributed by atoms with Crippen LogP contribution in [-0.4, -0.2) is 26.5 Å². The van der Waals surface area contributed by atoms with Crippen LogP contribution in [0.1, 0.15) is 6.42 Å². The molecule has 4 rings (SSSR count). The number of para-hydroxylation sites is 1. The van der Waals surface area contributed by atoms with Gasteiger partial charge in [-0.15, -0.1) is 5.10 Å². The Morgan fingerprint density at radius 2 is 1.85 bits per heavy atom. The topological polar surface area (TPSA) is 81.6 Å². The van der Waals surface area contributed by atoms with Gasteiger partial charge in [0.15, 0.2) is 0 Å². The summed E-state index contributed by atoms with van der Waals surface area (Å²) in [5, 5.41) is 13.0. The fraction of sp³-hybridized carbons (Fsp3) is 0.150. The third-order valence-electron chi connectivity index (χ3n) is 4.26. The summed E-state index contributed by atoms with van der Waals surface area (Å²) in [6.45, 7) is 1.64. The summed E-state index contributed by atoms with van der Waals surface area (Å²) in [5.74, 6) is 0. The van der Waals surface area contributed by atoms with E-state index in [0.29, 0.717) is 0 Å². The van der Waals surface area contributed by atoms with Crippen LogP contribution in [0.5, 0.6) is 0 Å². The highest BCUT2D eigenvalue weighted by atomic mass is 15.4. The second kappa shape index (κ2) is 7.23. The first-order valence-corrected chi connectivity index (χ1v) is 8.63. The van der Waals surface area contributed by atoms with Crippen molar-refractivity contribution < 1.29 is 0 Å². The molecule has 2 aromatic carbocycles. The molecule has 26 heavy (non-hydrogen) atoms. The van der Waals surface area contributed by atoms with Crippen LogP contribution in [0.15, 0.2) is 67.0 Å². The number of anilines is 2. The predicted octanol–water partition coefficient (Wildman–Crippen LogP) is 3.58. The van der Waals surface area contributed by atoms with Gasteiger partial charge in [-0.2, -0.15) is 0 Å². The van der Waals surface area contributed by atoms with Gasteiger partial charge in [0.2, 0.25) is 0 Å². The molecule has 130 valence electrons. The highest BCUT2D eigenvalue weighted by Crippen LogP contribution is 2.20. The van der Waals surface area contributed by atoms with Gasteiger partial charge in [0.05, 0.1) is 17.4 Å². The molecule has 2 aromatic heterocycles. The minimum absolute atomic E-state index is 0.746. The summed E-state index contributed by atoms with van der Waals surface area (Å²) < 4.78 is 1.87. The third kappa shape index (κ3) is 3.49. The molecule has 6 heteroatoms. The summed E-state index contributed by atoms with van der Waals surface area (Å²) in [4.78, 5) is 4.46. The van der Waals surface area contributed by atoms with Crippen molar-refractivity contribution in [1.29, 1.82) is 0 Å². The summed E-state index contributed by atoms with van der Waals surface area (Å²) in [7, 11) is 0. The maximum absolute atomic E-state index is 5.72. The average molecular weight is 344 g/mol. The van der Waals surface area contributed by atoms with Crippen LogP contribution >= 0.6 is 0 Å². The standard InChI is InChI=1S/C20H20N6/c21-17-9-7-15(8-10-17)19-14-26(25-24-19)13-3-12-22-18-6-1-4-16-5-2-11-23-20(16)18/h1-2,4-11,14,22H,3,12-13,21H2. The summed E-state index contributed by atoms with van der Waals surface area (Å²) >= 11 is 0. The van der Waals surface area contributed by atoms with E-state index in [2.05, 4.69) is 38.8 Å². The lowest BCUT2D eigenvalue weighted by Gasteiger charge is -2.08. The molecule has 0 aliphatic heterocycles. The zero-order chi connectivity index (χ0) is 17.8. The SMILES string of the molecule is Nc1ccc(-c2cn(CCCNc3cccc4cccnc34)nn2)cc1. The second-order valence-electron chi connectivity index (χ2n) is 6.15. The molecule has 0 fully saturated rings. The maximum Gasteiger partial charge on any atom is 0.113 e. The van der Waals surface area contributed by atoms with Crippen molar-refractivity contribution >= 4 is 22.3 Å². The molecular formula is C20H20N6. The number of fused-ring (bicyclic) bond motifs is 1. The zero-order valence-electron chi connectivity index (χ0n) is 14.3. The Hall–Kier alpha value is -3.41. The van der Waals surface area contributed by atoms with Crippen molar-refractivity contribution in [3.63, 3.8) is 0 Å². The number of aromatic nitrogens is 4. The summed E-state index contributed by atoms with van der Waals surface area (Å²) in [6, 6.07) is 17.9. The Kier molecular flexibility index (Phi) is 4.47. The van der Waals surface area contributed by atoms with Crippen LogP contribution in [0.4, 0.5) is 11.4 Å². The first-order chi connectivity index (χ1) is 12.8. The lowest BCUT2D eigenvalue weighted by Crippen LogP contribution is -2.07. The zero-order valence-corrected chi connectivity index (χ0v) is 14.3. The van der Waals surface area contributed by atoms with E-state index in [4.69, 9.17) is 5.73 Å². The van der Waals surface area contributed by atoms with Crippen LogP contribution in [0.25, 0.3) is 22.2 Å². The van der Waals surface area contributed by atoms with E-state index in [1.54, 1.807) is 0 Å². The van der Waals surface area contributed by atoms with Crippen LogP contribution in [0.3, 0.4) is 0 Å². The number of aryl methyl sites for hydroxylation is 1. The first-order valence-electron chi connectivity index (χ1n) is 8.63. The molecule has 0 unspecified atom stereocenters. The van der Waals surface area contributed by atoms with E-state index >= 15 is 0 Å². The first kappa shape index (κ1) is 16.1. The Morgan fingerprint density at radius 1 is 1.00 bits per heavy atom. The van der Waals surface area contributed by atoms with Crippen molar-refractivity contribution in [2.75, 3.05) is 17.6 Å². The maximum atomic E-state index is 5.72. The van der Waals surface area contributed by atoms with Gasteiger partial charge in [-0.1, -0.05) is 35.5 Å². The molecule has 2 heterocycles. The number of pyridine rings is 1. The Morgan fingerprint density at radius 3 is 2.73 bits per heavy atom. The van der Waals surface area contributed by atoms with Gasteiger partial charge >= 0.3 is 0 Å². The van der Waals surface area contributed by atoms with Crippen molar-refractivity contribution in [3.05, 3.63) is 67.0 Å². The molecule has 0 saturated heterocycles. The van der Waals surface area contributed by atoms with Gasteiger partial charge < -0.3 is 11.1 Å². The Balaban J connectivity index is 1.34. The number of nitrogen functional groups attached to an aromatic ring is 1. The number of hydrogen-bond acceptors (Lipinski definition) is 5. The van der Waals surface area contributed by atoms with Crippen molar-refractivity contribution in [1.82, 2.24) is 20.0 Å². The normalized spacial score (nSPS) is 10.9. The molecule has 0 aliphatic carbocycles.